The molecule has 43 heavy (non-hydrogen) atoms. The zero-order valence-electron chi connectivity index (χ0n) is 28.8. The molecule has 0 aliphatic rings. The van der Waals surface area contributed by atoms with Crippen molar-refractivity contribution in [1.29, 1.82) is 0 Å². The first kappa shape index (κ1) is 41.4. The van der Waals surface area contributed by atoms with Crippen molar-refractivity contribution in [3.63, 3.8) is 0 Å². The number of unbranched alkanes of at least 4 members (excludes halogenated alkanes) is 21. The number of carboxylic acids is 1. The Bertz CT molecular complexity index is 654. The highest BCUT2D eigenvalue weighted by Gasteiger charge is 2.13. The molecule has 0 saturated carbocycles. The third kappa shape index (κ3) is 34.8. The van der Waals surface area contributed by atoms with Crippen molar-refractivity contribution in [1.82, 2.24) is 0 Å². The molecule has 1 atom stereocenters. The molecule has 0 aromatic rings. The molecule has 1 N–H and O–H groups in total. The van der Waals surface area contributed by atoms with Crippen molar-refractivity contribution >= 4 is 11.9 Å². The van der Waals surface area contributed by atoms with E-state index in [1.165, 1.54) is 116 Å². The third-order valence-electron chi connectivity index (χ3n) is 8.41. The van der Waals surface area contributed by atoms with E-state index in [0.717, 1.165) is 64.2 Å². The molecular formula is C39H72O4. The standard InChI is InChI=1S/C39H72O4/c1-3-5-6-7-8-9-10-11-12-13-14-15-16-17-18-23-26-29-32-36-39(42)43-37(33-4-2)34-30-27-24-21-19-20-22-25-28-31-35-38(40)41/h8-9,11-12,37H,3-7,10,13-36H2,1-2H3,(H,40,41)/b9-8-,12-11-. The quantitative estimate of drug-likeness (QED) is 0.0451. The zero-order chi connectivity index (χ0) is 31.5. The molecule has 0 aliphatic heterocycles. The molecule has 0 spiro atoms. The van der Waals surface area contributed by atoms with Gasteiger partial charge in [0, 0.05) is 12.8 Å². The van der Waals surface area contributed by atoms with Crippen molar-refractivity contribution in [2.45, 2.75) is 213 Å². The third-order valence-corrected chi connectivity index (χ3v) is 8.41. The Morgan fingerprint density at radius 3 is 1.44 bits per heavy atom. The Labute approximate surface area is 267 Å². The van der Waals surface area contributed by atoms with Gasteiger partial charge in [-0.2, -0.15) is 0 Å². The van der Waals surface area contributed by atoms with E-state index < -0.39 is 5.97 Å². The average Bonchev–Trinajstić information content (AvgIpc) is 2.98. The highest BCUT2D eigenvalue weighted by atomic mass is 16.5. The lowest BCUT2D eigenvalue weighted by Crippen LogP contribution is -2.18. The summed E-state index contributed by atoms with van der Waals surface area (Å²) in [5.74, 6) is -0.664. The van der Waals surface area contributed by atoms with E-state index in [1.54, 1.807) is 0 Å². The molecule has 0 saturated heterocycles. The second-order valence-corrected chi connectivity index (χ2v) is 12.8. The smallest absolute Gasteiger partial charge is 0.306 e. The SMILES string of the molecule is CCCCC/C=C\C/C=C\CCCCCCCCCCCC(=O)OC(CCC)CCCCCCCCCCCCC(=O)O. The summed E-state index contributed by atoms with van der Waals surface area (Å²) >= 11 is 0. The monoisotopic (exact) mass is 605 g/mol. The fraction of sp³-hybridized carbons (Fsp3) is 0.846. The first-order chi connectivity index (χ1) is 21.1. The lowest BCUT2D eigenvalue weighted by Gasteiger charge is -2.17. The maximum Gasteiger partial charge on any atom is 0.306 e. The molecule has 4 heteroatoms. The van der Waals surface area contributed by atoms with E-state index in [9.17, 15) is 9.59 Å². The van der Waals surface area contributed by atoms with Crippen LogP contribution in [0.4, 0.5) is 0 Å². The van der Waals surface area contributed by atoms with E-state index in [1.807, 2.05) is 0 Å². The summed E-state index contributed by atoms with van der Waals surface area (Å²) in [6.45, 7) is 4.43. The van der Waals surface area contributed by atoms with Gasteiger partial charge in [-0.15, -0.1) is 0 Å². The Hall–Kier alpha value is -1.58. The van der Waals surface area contributed by atoms with Gasteiger partial charge in [0.05, 0.1) is 0 Å². The van der Waals surface area contributed by atoms with Gasteiger partial charge in [-0.1, -0.05) is 154 Å². The van der Waals surface area contributed by atoms with Crippen LogP contribution in [-0.2, 0) is 14.3 Å². The van der Waals surface area contributed by atoms with Crippen LogP contribution >= 0.6 is 0 Å². The van der Waals surface area contributed by atoms with Crippen LogP contribution in [0.25, 0.3) is 0 Å². The Morgan fingerprint density at radius 2 is 0.953 bits per heavy atom. The molecular weight excluding hydrogens is 532 g/mol. The van der Waals surface area contributed by atoms with Crippen LogP contribution in [0.1, 0.15) is 206 Å². The normalized spacial score (nSPS) is 12.4. The molecule has 0 amide bonds. The number of carbonyl (C=O) groups excluding carboxylic acids is 1. The number of hydrogen-bond donors (Lipinski definition) is 1. The summed E-state index contributed by atoms with van der Waals surface area (Å²) in [5, 5.41) is 8.66. The van der Waals surface area contributed by atoms with E-state index >= 15 is 0 Å². The van der Waals surface area contributed by atoms with Gasteiger partial charge in [0.15, 0.2) is 0 Å². The molecule has 0 bridgehead atoms. The highest BCUT2D eigenvalue weighted by Crippen LogP contribution is 2.17. The van der Waals surface area contributed by atoms with Crippen molar-refractivity contribution in [3.05, 3.63) is 24.3 Å². The number of aliphatic carboxylic acids is 1. The first-order valence-corrected chi connectivity index (χ1v) is 18.8. The second-order valence-electron chi connectivity index (χ2n) is 12.8. The lowest BCUT2D eigenvalue weighted by molar-refractivity contribution is -0.150. The zero-order valence-corrected chi connectivity index (χ0v) is 28.8. The van der Waals surface area contributed by atoms with Crippen LogP contribution in [0.15, 0.2) is 24.3 Å². The molecule has 4 nitrogen and oxygen atoms in total. The summed E-state index contributed by atoms with van der Waals surface area (Å²) in [6, 6.07) is 0. The Balaban J connectivity index is 3.54. The van der Waals surface area contributed by atoms with Crippen LogP contribution < -0.4 is 0 Å². The van der Waals surface area contributed by atoms with Gasteiger partial charge in [-0.05, 0) is 64.2 Å². The molecule has 0 aromatic heterocycles. The van der Waals surface area contributed by atoms with Gasteiger partial charge in [0.2, 0.25) is 0 Å². The molecule has 0 radical (unpaired) electrons. The second kappa shape index (κ2) is 34.9. The maximum absolute atomic E-state index is 12.4. The van der Waals surface area contributed by atoms with E-state index in [4.69, 9.17) is 9.84 Å². The summed E-state index contributed by atoms with van der Waals surface area (Å²) < 4.78 is 5.85. The van der Waals surface area contributed by atoms with E-state index in [-0.39, 0.29) is 12.1 Å². The molecule has 1 unspecified atom stereocenters. The van der Waals surface area contributed by atoms with Crippen molar-refractivity contribution in [3.8, 4) is 0 Å². The highest BCUT2D eigenvalue weighted by molar-refractivity contribution is 5.69. The minimum absolute atomic E-state index is 0.0128. The average molecular weight is 605 g/mol. The predicted molar refractivity (Wildman–Crippen MR) is 186 cm³/mol. The van der Waals surface area contributed by atoms with Crippen LogP contribution in [0.3, 0.4) is 0 Å². The molecule has 0 aromatic carbocycles. The van der Waals surface area contributed by atoms with Gasteiger partial charge >= 0.3 is 11.9 Å². The Kier molecular flexibility index (Phi) is 33.6. The van der Waals surface area contributed by atoms with Crippen molar-refractivity contribution in [2.75, 3.05) is 0 Å². The maximum atomic E-state index is 12.4. The van der Waals surface area contributed by atoms with Crippen LogP contribution in [0, 0.1) is 0 Å². The summed E-state index contributed by atoms with van der Waals surface area (Å²) in [4.78, 5) is 22.9. The van der Waals surface area contributed by atoms with Crippen LogP contribution in [0.5, 0.6) is 0 Å². The largest absolute Gasteiger partial charge is 0.481 e. The molecule has 0 rings (SSSR count). The number of esters is 1. The molecule has 252 valence electrons. The number of allylic oxidation sites excluding steroid dienone is 4. The van der Waals surface area contributed by atoms with E-state index in [0.29, 0.717) is 12.8 Å². The minimum atomic E-state index is -0.676. The molecule has 0 fully saturated rings. The summed E-state index contributed by atoms with van der Waals surface area (Å²) in [5.41, 5.74) is 0. The van der Waals surface area contributed by atoms with Gasteiger partial charge in [-0.25, -0.2) is 0 Å². The van der Waals surface area contributed by atoms with Crippen molar-refractivity contribution < 1.29 is 19.4 Å². The Morgan fingerprint density at radius 1 is 0.512 bits per heavy atom. The minimum Gasteiger partial charge on any atom is -0.481 e. The van der Waals surface area contributed by atoms with Crippen LogP contribution in [-0.4, -0.2) is 23.1 Å². The van der Waals surface area contributed by atoms with Gasteiger partial charge < -0.3 is 9.84 Å². The summed E-state index contributed by atoms with van der Waals surface area (Å²) in [7, 11) is 0. The van der Waals surface area contributed by atoms with Gasteiger partial charge in [0.1, 0.15) is 6.10 Å². The topological polar surface area (TPSA) is 63.6 Å². The number of hydrogen-bond acceptors (Lipinski definition) is 3. The summed E-state index contributed by atoms with van der Waals surface area (Å²) in [6.07, 6.45) is 44.0. The van der Waals surface area contributed by atoms with Crippen molar-refractivity contribution in [2.24, 2.45) is 0 Å². The lowest BCUT2D eigenvalue weighted by atomic mass is 10.0. The molecule has 0 heterocycles. The van der Waals surface area contributed by atoms with Crippen LogP contribution in [0.2, 0.25) is 0 Å². The number of ether oxygens (including phenoxy) is 1. The number of rotatable bonds is 34. The number of carbonyl (C=O) groups is 2. The van der Waals surface area contributed by atoms with Gasteiger partial charge in [0.25, 0.3) is 0 Å². The van der Waals surface area contributed by atoms with E-state index in [2.05, 4.69) is 38.2 Å². The molecule has 0 aliphatic carbocycles. The predicted octanol–water partition coefficient (Wildman–Crippen LogP) is 12.8. The number of carboxylic acid groups (broad SMARTS) is 1. The fourth-order valence-corrected chi connectivity index (χ4v) is 5.68. The first-order valence-electron chi connectivity index (χ1n) is 18.8. The van der Waals surface area contributed by atoms with Gasteiger partial charge in [-0.3, -0.25) is 9.59 Å². The fourth-order valence-electron chi connectivity index (χ4n) is 5.68.